The summed E-state index contributed by atoms with van der Waals surface area (Å²) in [6, 6.07) is 4.76. The first kappa shape index (κ1) is 21.1. The topological polar surface area (TPSA) is 109 Å². The van der Waals surface area contributed by atoms with Gasteiger partial charge < -0.3 is 29.2 Å². The minimum absolute atomic E-state index is 0.0667. The molecule has 0 bridgehead atoms. The second kappa shape index (κ2) is 10.8. The molecule has 0 spiro atoms. The van der Waals surface area contributed by atoms with Crippen molar-refractivity contribution in [3.8, 4) is 17.2 Å². The summed E-state index contributed by atoms with van der Waals surface area (Å²) in [4.78, 5) is 12.2. The highest BCUT2D eigenvalue weighted by Crippen LogP contribution is 2.35. The lowest BCUT2D eigenvalue weighted by molar-refractivity contribution is 0.0537. The minimum Gasteiger partial charge on any atom is -0.504 e. The van der Waals surface area contributed by atoms with Crippen LogP contribution in [-0.4, -0.2) is 41.2 Å². The van der Waals surface area contributed by atoms with Crippen LogP contribution < -0.4 is 15.1 Å². The number of aliphatic hydroxyl groups is 2. The van der Waals surface area contributed by atoms with E-state index in [-0.39, 0.29) is 34.8 Å². The van der Waals surface area contributed by atoms with Crippen LogP contribution in [0.1, 0.15) is 45.4 Å². The van der Waals surface area contributed by atoms with Crippen molar-refractivity contribution in [1.82, 2.24) is 0 Å². The lowest BCUT2D eigenvalue weighted by atomic mass is 10.1. The molecule has 2 rings (SSSR count). The molecule has 150 valence electrons. The molecular weight excluding hydrogens is 352 g/mol. The molecule has 7 heteroatoms. The third-order valence-corrected chi connectivity index (χ3v) is 4.22. The molecule has 1 atom stereocenters. The summed E-state index contributed by atoms with van der Waals surface area (Å²) < 4.78 is 16.1. The van der Waals surface area contributed by atoms with Gasteiger partial charge in [-0.25, -0.2) is 4.79 Å². The van der Waals surface area contributed by atoms with Crippen molar-refractivity contribution in [2.75, 3.05) is 19.8 Å². The lowest BCUT2D eigenvalue weighted by Crippen LogP contribution is -2.21. The van der Waals surface area contributed by atoms with Gasteiger partial charge in [-0.05, 0) is 18.6 Å². The molecule has 3 N–H and O–H groups in total. The van der Waals surface area contributed by atoms with Crippen molar-refractivity contribution < 1.29 is 29.2 Å². The Balaban J connectivity index is 2.08. The van der Waals surface area contributed by atoms with Gasteiger partial charge in [-0.1, -0.05) is 45.1 Å². The van der Waals surface area contributed by atoms with Gasteiger partial charge in [0.2, 0.25) is 5.75 Å². The van der Waals surface area contributed by atoms with Crippen molar-refractivity contribution in [2.45, 2.75) is 51.6 Å². The molecule has 27 heavy (non-hydrogen) atoms. The van der Waals surface area contributed by atoms with Crippen LogP contribution in [0.4, 0.5) is 0 Å². The maximum Gasteiger partial charge on any atom is 0.383 e. The van der Waals surface area contributed by atoms with E-state index >= 15 is 0 Å². The Kier molecular flexibility index (Phi) is 8.42. The molecular formula is C20H28O7. The molecule has 1 heterocycles. The van der Waals surface area contributed by atoms with Crippen LogP contribution in [-0.2, 0) is 0 Å². The van der Waals surface area contributed by atoms with Gasteiger partial charge in [0.05, 0.1) is 18.6 Å². The second-order valence-electron chi connectivity index (χ2n) is 6.46. The molecule has 2 aromatic rings. The van der Waals surface area contributed by atoms with E-state index in [1.165, 1.54) is 19.3 Å². The molecule has 1 aromatic carbocycles. The maximum atomic E-state index is 12.2. The quantitative estimate of drug-likeness (QED) is 0.384. The maximum absolute atomic E-state index is 12.2. The van der Waals surface area contributed by atoms with Gasteiger partial charge in [0.25, 0.3) is 0 Å². The summed E-state index contributed by atoms with van der Waals surface area (Å²) in [6.07, 6.45) is 5.46. The van der Waals surface area contributed by atoms with Gasteiger partial charge in [0, 0.05) is 0 Å². The van der Waals surface area contributed by atoms with Crippen molar-refractivity contribution in [3.63, 3.8) is 0 Å². The second-order valence-corrected chi connectivity index (χ2v) is 6.46. The predicted octanol–water partition coefficient (Wildman–Crippen LogP) is 2.97. The Bertz CT molecular complexity index is 769. The molecule has 0 fully saturated rings. The van der Waals surface area contributed by atoms with Gasteiger partial charge >= 0.3 is 5.63 Å². The number of aromatic hydroxyl groups is 1. The van der Waals surface area contributed by atoms with E-state index in [4.69, 9.17) is 19.0 Å². The number of benzene rings is 1. The highest BCUT2D eigenvalue weighted by atomic mass is 16.5. The van der Waals surface area contributed by atoms with E-state index in [0.29, 0.717) is 6.61 Å². The summed E-state index contributed by atoms with van der Waals surface area (Å²) in [5.41, 5.74) is -0.721. The van der Waals surface area contributed by atoms with Gasteiger partial charge in [0.1, 0.15) is 12.7 Å². The van der Waals surface area contributed by atoms with Gasteiger partial charge in [-0.2, -0.15) is 0 Å². The predicted molar refractivity (Wildman–Crippen MR) is 102 cm³/mol. The highest BCUT2D eigenvalue weighted by Gasteiger charge is 2.18. The molecule has 0 radical (unpaired) electrons. The highest BCUT2D eigenvalue weighted by molar-refractivity contribution is 5.89. The van der Waals surface area contributed by atoms with Crippen LogP contribution in [0.3, 0.4) is 0 Å². The molecule has 0 saturated carbocycles. The number of hydrogen-bond donors (Lipinski definition) is 3. The molecule has 1 aromatic heterocycles. The van der Waals surface area contributed by atoms with Crippen LogP contribution in [0, 0.1) is 0 Å². The summed E-state index contributed by atoms with van der Waals surface area (Å²) in [5.74, 6) is -0.307. The van der Waals surface area contributed by atoms with Gasteiger partial charge in [0.15, 0.2) is 17.1 Å². The van der Waals surface area contributed by atoms with Gasteiger partial charge in [-0.15, -0.1) is 0 Å². The minimum atomic E-state index is -1.06. The number of ether oxygens (including phenoxy) is 2. The number of fused-ring (bicyclic) bond motifs is 1. The Morgan fingerprint density at radius 1 is 1.11 bits per heavy atom. The van der Waals surface area contributed by atoms with E-state index < -0.39 is 18.3 Å². The Hall–Kier alpha value is -2.25. The summed E-state index contributed by atoms with van der Waals surface area (Å²) in [7, 11) is 0. The standard InChI is InChI=1S/C20H28O7/c1-2-3-4-5-6-7-11-25-19-17(23)15-9-8-10-16(18(15)27-20(19)24)26-13-14(22)12-21/h8-10,14,21-23H,2-7,11-13H2,1H3. The molecule has 0 aliphatic rings. The van der Waals surface area contributed by atoms with Crippen LogP contribution in [0.5, 0.6) is 17.2 Å². The van der Waals surface area contributed by atoms with Crippen molar-refractivity contribution in [3.05, 3.63) is 28.6 Å². The Morgan fingerprint density at radius 3 is 2.59 bits per heavy atom. The van der Waals surface area contributed by atoms with E-state index in [2.05, 4.69) is 6.92 Å². The summed E-state index contributed by atoms with van der Waals surface area (Å²) in [5, 5.41) is 29.0. The molecule has 0 saturated heterocycles. The zero-order valence-electron chi connectivity index (χ0n) is 15.6. The third-order valence-electron chi connectivity index (χ3n) is 4.22. The van der Waals surface area contributed by atoms with E-state index in [0.717, 1.165) is 19.3 Å². The molecule has 7 nitrogen and oxygen atoms in total. The molecule has 1 unspecified atom stereocenters. The van der Waals surface area contributed by atoms with E-state index in [1.54, 1.807) is 18.2 Å². The molecule has 0 amide bonds. The zero-order valence-corrected chi connectivity index (χ0v) is 15.6. The lowest BCUT2D eigenvalue weighted by Gasteiger charge is -2.13. The van der Waals surface area contributed by atoms with Crippen LogP contribution in [0.25, 0.3) is 11.0 Å². The third kappa shape index (κ3) is 5.87. The number of rotatable bonds is 12. The SMILES string of the molecule is CCCCCCCCOc1c(O)c2cccc(OCC(O)CO)c2oc1=O. The normalized spacial score (nSPS) is 12.3. The first-order chi connectivity index (χ1) is 13.1. The van der Waals surface area contributed by atoms with Crippen LogP contribution in [0.2, 0.25) is 0 Å². The number of aliphatic hydroxyl groups excluding tert-OH is 2. The zero-order chi connectivity index (χ0) is 19.6. The van der Waals surface area contributed by atoms with Crippen molar-refractivity contribution >= 4 is 11.0 Å². The molecule has 0 aliphatic carbocycles. The van der Waals surface area contributed by atoms with Crippen LogP contribution in [0.15, 0.2) is 27.4 Å². The largest absolute Gasteiger partial charge is 0.504 e. The number of para-hydroxylation sites is 1. The molecule has 0 aliphatic heterocycles. The van der Waals surface area contributed by atoms with E-state index in [9.17, 15) is 15.0 Å². The van der Waals surface area contributed by atoms with Crippen molar-refractivity contribution in [2.24, 2.45) is 0 Å². The fourth-order valence-corrected chi connectivity index (χ4v) is 2.70. The summed E-state index contributed by atoms with van der Waals surface area (Å²) in [6.45, 7) is 1.87. The number of unbranched alkanes of at least 4 members (excludes halogenated alkanes) is 5. The van der Waals surface area contributed by atoms with Crippen LogP contribution >= 0.6 is 0 Å². The Labute approximate surface area is 158 Å². The monoisotopic (exact) mass is 380 g/mol. The average molecular weight is 380 g/mol. The fourth-order valence-electron chi connectivity index (χ4n) is 2.70. The Morgan fingerprint density at radius 2 is 1.85 bits per heavy atom. The van der Waals surface area contributed by atoms with Gasteiger partial charge in [-0.3, -0.25) is 0 Å². The average Bonchev–Trinajstić information content (AvgIpc) is 2.67. The first-order valence-electron chi connectivity index (χ1n) is 9.41. The fraction of sp³-hybridized carbons (Fsp3) is 0.550. The smallest absolute Gasteiger partial charge is 0.383 e. The van der Waals surface area contributed by atoms with E-state index in [1.807, 2.05) is 0 Å². The first-order valence-corrected chi connectivity index (χ1v) is 9.41. The summed E-state index contributed by atoms with van der Waals surface area (Å²) >= 11 is 0. The van der Waals surface area contributed by atoms with Crippen molar-refractivity contribution in [1.29, 1.82) is 0 Å². The number of hydrogen-bond acceptors (Lipinski definition) is 7.